The van der Waals surface area contributed by atoms with Gasteiger partial charge in [-0.3, -0.25) is 4.79 Å². The van der Waals surface area contributed by atoms with Gasteiger partial charge in [-0.05, 0) is 81.0 Å². The molecule has 0 fully saturated rings. The van der Waals surface area contributed by atoms with E-state index in [1.54, 1.807) is 0 Å². The van der Waals surface area contributed by atoms with Crippen molar-refractivity contribution in [1.29, 1.82) is 0 Å². The fraction of sp³-hybridized carbons (Fsp3) is 0.440. The van der Waals surface area contributed by atoms with E-state index in [2.05, 4.69) is 38.1 Å². The van der Waals surface area contributed by atoms with Crippen LogP contribution in [0.3, 0.4) is 0 Å². The van der Waals surface area contributed by atoms with Gasteiger partial charge in [-0.15, -0.1) is 11.3 Å². The SMILES string of the molecule is COC(=O)CCCCc1c(C)nc2sc3c(c2c1-c1ccc(C)cc1)CCCC3. The Morgan fingerprint density at radius 3 is 2.62 bits per heavy atom. The van der Waals surface area contributed by atoms with Gasteiger partial charge in [0.25, 0.3) is 0 Å². The van der Waals surface area contributed by atoms with E-state index >= 15 is 0 Å². The summed E-state index contributed by atoms with van der Waals surface area (Å²) in [5, 5.41) is 1.39. The van der Waals surface area contributed by atoms with Gasteiger partial charge in [-0.1, -0.05) is 29.8 Å². The fourth-order valence-electron chi connectivity index (χ4n) is 4.46. The lowest BCUT2D eigenvalue weighted by atomic mass is 9.88. The topological polar surface area (TPSA) is 39.2 Å². The number of unbranched alkanes of at least 4 members (excludes halogenated alkanes) is 1. The molecule has 0 spiro atoms. The number of rotatable bonds is 6. The van der Waals surface area contributed by atoms with E-state index in [1.807, 2.05) is 11.3 Å². The second-order valence-corrected chi connectivity index (χ2v) is 9.17. The van der Waals surface area contributed by atoms with E-state index in [1.165, 1.54) is 75.7 Å². The molecule has 1 aromatic carbocycles. The standard InChI is InChI=1S/C25H29NO2S/c1-16-12-14-18(15-13-16)23-19(8-5-7-11-22(27)28-3)17(2)26-25-24(23)20-9-4-6-10-21(20)29-25/h12-15H,4-11H2,1-3H3. The molecule has 1 aliphatic carbocycles. The van der Waals surface area contributed by atoms with Gasteiger partial charge in [-0.2, -0.15) is 0 Å². The third-order valence-corrected chi connectivity index (χ3v) is 7.22. The first kappa shape index (κ1) is 20.1. The number of carbonyl (C=O) groups excluding carboxylic acids is 1. The molecular weight excluding hydrogens is 378 g/mol. The number of hydrogen-bond acceptors (Lipinski definition) is 4. The van der Waals surface area contributed by atoms with E-state index < -0.39 is 0 Å². The van der Waals surface area contributed by atoms with Crippen molar-refractivity contribution in [3.63, 3.8) is 0 Å². The Labute approximate surface area is 177 Å². The monoisotopic (exact) mass is 407 g/mol. The van der Waals surface area contributed by atoms with Crippen LogP contribution in [0.2, 0.25) is 0 Å². The van der Waals surface area contributed by atoms with Gasteiger partial charge in [0, 0.05) is 22.4 Å². The molecule has 0 saturated heterocycles. The molecule has 4 rings (SSSR count). The van der Waals surface area contributed by atoms with Crippen molar-refractivity contribution in [2.45, 2.75) is 65.2 Å². The Morgan fingerprint density at radius 2 is 1.86 bits per heavy atom. The maximum absolute atomic E-state index is 11.5. The highest BCUT2D eigenvalue weighted by atomic mass is 32.1. The van der Waals surface area contributed by atoms with Crippen LogP contribution in [0.5, 0.6) is 0 Å². The Balaban J connectivity index is 1.80. The number of methoxy groups -OCH3 is 1. The Bertz CT molecular complexity index is 1030. The maximum Gasteiger partial charge on any atom is 0.305 e. The van der Waals surface area contributed by atoms with Crippen LogP contribution >= 0.6 is 11.3 Å². The van der Waals surface area contributed by atoms with Crippen LogP contribution < -0.4 is 0 Å². The molecule has 3 nitrogen and oxygen atoms in total. The molecule has 0 radical (unpaired) electrons. The van der Waals surface area contributed by atoms with Crippen molar-refractivity contribution in [1.82, 2.24) is 4.98 Å². The third kappa shape index (κ3) is 4.09. The number of aryl methyl sites for hydroxylation is 4. The summed E-state index contributed by atoms with van der Waals surface area (Å²) < 4.78 is 4.79. The number of hydrogen-bond donors (Lipinski definition) is 0. The number of pyridine rings is 1. The number of carbonyl (C=O) groups is 1. The second kappa shape index (κ2) is 8.66. The molecule has 152 valence electrons. The van der Waals surface area contributed by atoms with Gasteiger partial charge in [0.15, 0.2) is 0 Å². The summed E-state index contributed by atoms with van der Waals surface area (Å²) in [7, 11) is 1.46. The third-order valence-electron chi connectivity index (χ3n) is 6.04. The van der Waals surface area contributed by atoms with Crippen molar-refractivity contribution in [2.75, 3.05) is 7.11 Å². The highest BCUT2D eigenvalue weighted by Gasteiger charge is 2.23. The predicted octanol–water partition coefficient (Wildman–Crippen LogP) is 6.34. The van der Waals surface area contributed by atoms with E-state index in [0.717, 1.165) is 25.0 Å². The molecule has 29 heavy (non-hydrogen) atoms. The first-order valence-electron chi connectivity index (χ1n) is 10.7. The summed E-state index contributed by atoms with van der Waals surface area (Å²) in [4.78, 5) is 19.3. The molecule has 0 unspecified atom stereocenters. The van der Waals surface area contributed by atoms with E-state index in [4.69, 9.17) is 9.72 Å². The quantitative estimate of drug-likeness (QED) is 0.353. The number of benzene rings is 1. The summed E-state index contributed by atoms with van der Waals surface area (Å²) in [5.41, 5.74) is 7.96. The molecule has 0 atom stereocenters. The zero-order valence-electron chi connectivity index (χ0n) is 17.6. The van der Waals surface area contributed by atoms with Crippen LogP contribution in [-0.4, -0.2) is 18.1 Å². The van der Waals surface area contributed by atoms with Crippen LogP contribution in [0.1, 0.15) is 59.4 Å². The smallest absolute Gasteiger partial charge is 0.305 e. The molecule has 0 aliphatic heterocycles. The van der Waals surface area contributed by atoms with Crippen molar-refractivity contribution < 1.29 is 9.53 Å². The van der Waals surface area contributed by atoms with Crippen molar-refractivity contribution in [3.8, 4) is 11.1 Å². The Morgan fingerprint density at radius 1 is 1.10 bits per heavy atom. The van der Waals surface area contributed by atoms with Gasteiger partial charge in [-0.25, -0.2) is 4.98 Å². The summed E-state index contributed by atoms with van der Waals surface area (Å²) in [6.45, 7) is 4.28. The van der Waals surface area contributed by atoms with Gasteiger partial charge in [0.05, 0.1) is 7.11 Å². The highest BCUT2D eigenvalue weighted by molar-refractivity contribution is 7.19. The fourth-order valence-corrected chi connectivity index (χ4v) is 5.77. The Kier molecular flexibility index (Phi) is 6.00. The second-order valence-electron chi connectivity index (χ2n) is 8.09. The number of nitrogens with zero attached hydrogens (tertiary/aromatic N) is 1. The van der Waals surface area contributed by atoms with Gasteiger partial charge in [0.2, 0.25) is 0 Å². The van der Waals surface area contributed by atoms with Crippen LogP contribution in [0, 0.1) is 13.8 Å². The molecule has 2 heterocycles. The molecule has 0 bridgehead atoms. The zero-order valence-corrected chi connectivity index (χ0v) is 18.5. The van der Waals surface area contributed by atoms with Crippen LogP contribution in [0.25, 0.3) is 21.3 Å². The summed E-state index contributed by atoms with van der Waals surface area (Å²) >= 11 is 1.90. The normalized spacial score (nSPS) is 13.5. The molecule has 2 aromatic heterocycles. The first-order chi connectivity index (χ1) is 14.1. The Hall–Kier alpha value is -2.20. The molecular formula is C25H29NO2S. The lowest BCUT2D eigenvalue weighted by Crippen LogP contribution is -2.03. The van der Waals surface area contributed by atoms with Crippen molar-refractivity contribution in [3.05, 3.63) is 51.5 Å². The number of thiophene rings is 1. The summed E-state index contributed by atoms with van der Waals surface area (Å²) in [5.74, 6) is -0.124. The maximum atomic E-state index is 11.5. The molecule has 0 N–H and O–H groups in total. The summed E-state index contributed by atoms with van der Waals surface area (Å²) in [6.07, 6.45) is 8.16. The zero-order chi connectivity index (χ0) is 20.4. The van der Waals surface area contributed by atoms with Crippen LogP contribution in [-0.2, 0) is 28.8 Å². The number of esters is 1. The summed E-state index contributed by atoms with van der Waals surface area (Å²) in [6, 6.07) is 8.93. The predicted molar refractivity (Wildman–Crippen MR) is 121 cm³/mol. The minimum absolute atomic E-state index is 0.124. The molecule has 4 heteroatoms. The van der Waals surface area contributed by atoms with Gasteiger partial charge < -0.3 is 4.74 Å². The van der Waals surface area contributed by atoms with E-state index in [9.17, 15) is 4.79 Å². The first-order valence-corrected chi connectivity index (χ1v) is 11.5. The van der Waals surface area contributed by atoms with Crippen molar-refractivity contribution >= 4 is 27.5 Å². The van der Waals surface area contributed by atoms with Gasteiger partial charge >= 0.3 is 5.97 Å². The van der Waals surface area contributed by atoms with E-state index in [-0.39, 0.29) is 5.97 Å². The average molecular weight is 408 g/mol. The lowest BCUT2D eigenvalue weighted by molar-refractivity contribution is -0.140. The molecule has 0 saturated carbocycles. The molecule has 3 aromatic rings. The molecule has 0 amide bonds. The minimum Gasteiger partial charge on any atom is -0.469 e. The minimum atomic E-state index is -0.124. The average Bonchev–Trinajstić information content (AvgIpc) is 3.09. The van der Waals surface area contributed by atoms with Crippen molar-refractivity contribution in [2.24, 2.45) is 0 Å². The number of ether oxygens (including phenoxy) is 1. The highest BCUT2D eigenvalue weighted by Crippen LogP contribution is 2.43. The van der Waals surface area contributed by atoms with Gasteiger partial charge in [0.1, 0.15) is 4.83 Å². The van der Waals surface area contributed by atoms with E-state index in [0.29, 0.717) is 6.42 Å². The molecule has 1 aliphatic rings. The number of aromatic nitrogens is 1. The number of fused-ring (bicyclic) bond motifs is 3. The lowest BCUT2D eigenvalue weighted by Gasteiger charge is -2.17. The van der Waals surface area contributed by atoms with Crippen LogP contribution in [0.4, 0.5) is 0 Å². The van der Waals surface area contributed by atoms with Crippen LogP contribution in [0.15, 0.2) is 24.3 Å². The largest absolute Gasteiger partial charge is 0.469 e.